The van der Waals surface area contributed by atoms with Crippen LogP contribution >= 0.6 is 0 Å². The number of amides is 3. The Bertz CT molecular complexity index is 1380. The van der Waals surface area contributed by atoms with Crippen molar-refractivity contribution >= 4 is 35.0 Å². The number of Topliss-reactive ketones (excluding diaryl/α,β-unsaturated/α-hetero) is 1. The predicted octanol–water partition coefficient (Wildman–Crippen LogP) is 5.55. The molecule has 2 aromatic carbocycles. The molecule has 0 atom stereocenters. The molecular formula is C28H28N4O5. The highest BCUT2D eigenvalue weighted by Gasteiger charge is 2.30. The summed E-state index contributed by atoms with van der Waals surface area (Å²) in [6, 6.07) is 17.2. The van der Waals surface area contributed by atoms with Gasteiger partial charge >= 0.3 is 12.1 Å². The van der Waals surface area contributed by atoms with Gasteiger partial charge in [-0.1, -0.05) is 74.5 Å². The van der Waals surface area contributed by atoms with Crippen LogP contribution in [-0.2, 0) is 21.6 Å². The summed E-state index contributed by atoms with van der Waals surface area (Å²) in [6.45, 7) is 5.98. The van der Waals surface area contributed by atoms with Crippen LogP contribution in [0.3, 0.4) is 0 Å². The van der Waals surface area contributed by atoms with Gasteiger partial charge in [0.05, 0.1) is 5.70 Å². The maximum Gasteiger partial charge on any atom is 0.411 e. The average Bonchev–Trinajstić information content (AvgIpc) is 3.35. The molecule has 1 aliphatic carbocycles. The molecule has 0 saturated carbocycles. The maximum atomic E-state index is 13.1. The molecule has 0 aliphatic heterocycles. The third-order valence-corrected chi connectivity index (χ3v) is 5.70. The molecule has 0 unspecified atom stereocenters. The van der Waals surface area contributed by atoms with E-state index in [9.17, 15) is 14.4 Å². The number of carbonyl (C=O) groups is 3. The highest BCUT2D eigenvalue weighted by Crippen LogP contribution is 2.32. The van der Waals surface area contributed by atoms with E-state index in [0.717, 1.165) is 21.6 Å². The molecule has 0 fully saturated rings. The lowest BCUT2D eigenvalue weighted by Gasteiger charge is -2.22. The summed E-state index contributed by atoms with van der Waals surface area (Å²) >= 11 is 0. The van der Waals surface area contributed by atoms with E-state index in [-0.39, 0.29) is 35.7 Å². The number of nitrogens with one attached hydrogen (secondary N) is 1. The van der Waals surface area contributed by atoms with E-state index < -0.39 is 12.1 Å². The van der Waals surface area contributed by atoms with Crippen LogP contribution in [-0.4, -0.2) is 23.1 Å². The van der Waals surface area contributed by atoms with E-state index in [1.165, 1.54) is 6.08 Å². The van der Waals surface area contributed by atoms with Crippen LogP contribution in [0, 0.1) is 0 Å². The van der Waals surface area contributed by atoms with Crippen LogP contribution in [0.2, 0.25) is 0 Å². The Hall–Kier alpha value is -4.66. The first-order valence-electron chi connectivity index (χ1n) is 11.7. The Kier molecular flexibility index (Phi) is 7.24. The normalized spacial score (nSPS) is 13.4. The van der Waals surface area contributed by atoms with Gasteiger partial charge < -0.3 is 15.0 Å². The van der Waals surface area contributed by atoms with Gasteiger partial charge in [0, 0.05) is 23.6 Å². The molecule has 9 nitrogen and oxygen atoms in total. The fourth-order valence-corrected chi connectivity index (χ4v) is 3.75. The Morgan fingerprint density at radius 2 is 1.84 bits per heavy atom. The zero-order chi connectivity index (χ0) is 26.6. The molecule has 3 aromatic rings. The fourth-order valence-electron chi connectivity index (χ4n) is 3.75. The molecule has 1 aliphatic rings. The lowest BCUT2D eigenvalue weighted by atomic mass is 9.93. The molecule has 3 amide bonds. The summed E-state index contributed by atoms with van der Waals surface area (Å²) in [7, 11) is 0. The topological polar surface area (TPSA) is 128 Å². The molecule has 0 spiro atoms. The van der Waals surface area contributed by atoms with Gasteiger partial charge in [0.1, 0.15) is 12.4 Å². The maximum absolute atomic E-state index is 13.1. The highest BCUT2D eigenvalue weighted by atomic mass is 16.5. The molecule has 9 heteroatoms. The second kappa shape index (κ2) is 10.5. The van der Waals surface area contributed by atoms with Crippen molar-refractivity contribution < 1.29 is 23.6 Å². The number of hydrogen-bond acceptors (Lipinski definition) is 6. The number of ketones is 1. The Morgan fingerprint density at radius 3 is 2.49 bits per heavy atom. The second-order valence-corrected chi connectivity index (χ2v) is 9.58. The van der Waals surface area contributed by atoms with E-state index in [4.69, 9.17) is 15.0 Å². The highest BCUT2D eigenvalue weighted by molar-refractivity contribution is 6.12. The van der Waals surface area contributed by atoms with Crippen molar-refractivity contribution in [2.24, 2.45) is 5.73 Å². The summed E-state index contributed by atoms with van der Waals surface area (Å²) in [6.07, 6.45) is 2.72. The number of nitrogens with two attached hydrogens (primary N) is 1. The van der Waals surface area contributed by atoms with Gasteiger partial charge in [-0.05, 0) is 34.9 Å². The average molecular weight is 501 g/mol. The lowest BCUT2D eigenvalue weighted by molar-refractivity contribution is -0.114. The van der Waals surface area contributed by atoms with Crippen LogP contribution in [0.4, 0.5) is 21.1 Å². The van der Waals surface area contributed by atoms with E-state index in [1.807, 2.05) is 57.2 Å². The van der Waals surface area contributed by atoms with Crippen LogP contribution in [0.25, 0.3) is 5.57 Å². The van der Waals surface area contributed by atoms with Gasteiger partial charge in [-0.25, -0.2) is 14.5 Å². The Morgan fingerprint density at radius 1 is 1.08 bits per heavy atom. The summed E-state index contributed by atoms with van der Waals surface area (Å²) in [5.74, 6) is 0.395. The first-order valence-corrected chi connectivity index (χ1v) is 11.7. The van der Waals surface area contributed by atoms with Crippen LogP contribution in [0.15, 0.2) is 83.0 Å². The quantitative estimate of drug-likeness (QED) is 0.457. The smallest absolute Gasteiger partial charge is 0.411 e. The number of rotatable bonds is 6. The summed E-state index contributed by atoms with van der Waals surface area (Å²) in [5, 5.41) is 6.65. The summed E-state index contributed by atoms with van der Waals surface area (Å²) < 4.78 is 10.6. The number of ether oxygens (including phenoxy) is 1. The number of allylic oxidation sites excluding steroid dienone is 4. The molecule has 190 valence electrons. The number of primary amides is 1. The molecule has 1 heterocycles. The number of carbonyl (C=O) groups excluding carboxylic acids is 3. The number of hydrogen-bond donors (Lipinski definition) is 2. The molecule has 37 heavy (non-hydrogen) atoms. The largest absolute Gasteiger partial charge is 0.444 e. The molecule has 4 rings (SSSR count). The standard InChI is InChI=1S/C28H28N4O5/c1-28(2,3)24-16-25(31-37-24)32(26(29)34)22-13-12-20(15-23(22)33)19-10-7-11-21(14-19)30-27(35)36-17-18-8-5-4-6-9-18/h4-14,16H,15,17H2,1-3H3,(H2,29,34)(H,30,35). The van der Waals surface area contributed by atoms with E-state index in [1.54, 1.807) is 30.3 Å². The van der Waals surface area contributed by atoms with Crippen LogP contribution in [0.5, 0.6) is 0 Å². The zero-order valence-electron chi connectivity index (χ0n) is 20.9. The van der Waals surface area contributed by atoms with Crippen molar-refractivity contribution in [3.8, 4) is 0 Å². The minimum atomic E-state index is -0.842. The summed E-state index contributed by atoms with van der Waals surface area (Å²) in [5.41, 5.74) is 8.22. The minimum Gasteiger partial charge on any atom is -0.444 e. The van der Waals surface area contributed by atoms with Crippen molar-refractivity contribution in [3.05, 3.63) is 95.4 Å². The number of urea groups is 1. The van der Waals surface area contributed by atoms with Gasteiger partial charge in [-0.2, -0.15) is 0 Å². The zero-order valence-corrected chi connectivity index (χ0v) is 20.9. The van der Waals surface area contributed by atoms with E-state index in [2.05, 4.69) is 10.5 Å². The van der Waals surface area contributed by atoms with Gasteiger partial charge in [0.2, 0.25) is 0 Å². The Labute approximate surface area is 214 Å². The van der Waals surface area contributed by atoms with Gasteiger partial charge in [0.15, 0.2) is 11.6 Å². The molecule has 1 aromatic heterocycles. The number of anilines is 2. The second-order valence-electron chi connectivity index (χ2n) is 9.58. The van der Waals surface area contributed by atoms with Gasteiger partial charge in [-0.3, -0.25) is 10.1 Å². The van der Waals surface area contributed by atoms with Crippen molar-refractivity contribution in [3.63, 3.8) is 0 Å². The number of benzene rings is 2. The van der Waals surface area contributed by atoms with E-state index in [0.29, 0.717) is 11.4 Å². The van der Waals surface area contributed by atoms with Crippen molar-refractivity contribution in [1.82, 2.24) is 5.16 Å². The predicted molar refractivity (Wildman–Crippen MR) is 140 cm³/mol. The third-order valence-electron chi connectivity index (χ3n) is 5.70. The lowest BCUT2D eigenvalue weighted by Crippen LogP contribution is -2.38. The van der Waals surface area contributed by atoms with Crippen molar-refractivity contribution in [2.75, 3.05) is 10.2 Å². The fraction of sp³-hybridized carbons (Fsp3) is 0.214. The van der Waals surface area contributed by atoms with Crippen LogP contribution < -0.4 is 16.0 Å². The van der Waals surface area contributed by atoms with Crippen molar-refractivity contribution in [2.45, 2.75) is 39.2 Å². The van der Waals surface area contributed by atoms with Crippen molar-refractivity contribution in [1.29, 1.82) is 0 Å². The molecule has 3 N–H and O–H groups in total. The number of aromatic nitrogens is 1. The monoisotopic (exact) mass is 500 g/mol. The minimum absolute atomic E-state index is 0.0293. The van der Waals surface area contributed by atoms with Gasteiger partial charge in [-0.15, -0.1) is 0 Å². The van der Waals surface area contributed by atoms with E-state index >= 15 is 0 Å². The summed E-state index contributed by atoms with van der Waals surface area (Å²) in [4.78, 5) is 38.6. The van der Waals surface area contributed by atoms with Crippen LogP contribution in [0.1, 0.15) is 44.1 Å². The molecular weight excluding hydrogens is 472 g/mol. The molecule has 0 saturated heterocycles. The van der Waals surface area contributed by atoms with Gasteiger partial charge in [0.25, 0.3) is 0 Å². The number of nitrogens with zero attached hydrogens (tertiary/aromatic N) is 2. The first kappa shape index (κ1) is 25.4. The Balaban J connectivity index is 1.50. The third kappa shape index (κ3) is 6.13. The first-order chi connectivity index (χ1) is 17.6. The SMILES string of the molecule is CC(C)(C)c1cc(N(C(N)=O)C2=CC=C(c3cccc(NC(=O)OCc4ccccc4)c3)CC2=O)no1. The molecule has 0 bridgehead atoms. The molecule has 0 radical (unpaired) electrons.